The molecule has 0 radical (unpaired) electrons. The zero-order valence-electron chi connectivity index (χ0n) is 10.6. The first-order valence-electron chi connectivity index (χ1n) is 6.17. The van der Waals surface area contributed by atoms with E-state index < -0.39 is 6.10 Å². The molecule has 0 aliphatic carbocycles. The summed E-state index contributed by atoms with van der Waals surface area (Å²) >= 11 is 1.66. The van der Waals surface area contributed by atoms with Gasteiger partial charge in [-0.3, -0.25) is 0 Å². The van der Waals surface area contributed by atoms with Gasteiger partial charge in [0.25, 0.3) is 0 Å². The van der Waals surface area contributed by atoms with Crippen molar-refractivity contribution in [3.05, 3.63) is 58.9 Å². The summed E-state index contributed by atoms with van der Waals surface area (Å²) in [4.78, 5) is 10.8. The number of aryl methyl sites for hydroxylation is 1. The van der Waals surface area contributed by atoms with Crippen LogP contribution in [0.4, 0.5) is 0 Å². The number of hydrogen-bond donors (Lipinski definition) is 1. The van der Waals surface area contributed by atoms with Crippen LogP contribution in [0.3, 0.4) is 0 Å². The van der Waals surface area contributed by atoms with Crippen LogP contribution in [-0.2, 0) is 6.42 Å². The Labute approximate surface area is 115 Å². The Morgan fingerprint density at radius 1 is 1.21 bits per heavy atom. The zero-order chi connectivity index (χ0) is 13.2. The fourth-order valence-electron chi connectivity index (χ4n) is 2.16. The molecule has 1 N–H and O–H groups in total. The van der Waals surface area contributed by atoms with Gasteiger partial charge in [0.15, 0.2) is 0 Å². The van der Waals surface area contributed by atoms with Crippen molar-refractivity contribution in [2.24, 2.45) is 0 Å². The van der Waals surface area contributed by atoms with Crippen molar-refractivity contribution in [3.8, 4) is 0 Å². The maximum absolute atomic E-state index is 10.3. The van der Waals surface area contributed by atoms with Crippen molar-refractivity contribution in [2.75, 3.05) is 0 Å². The largest absolute Gasteiger partial charge is 0.388 e. The number of thiophene rings is 1. The normalized spacial score (nSPS) is 12.7. The number of hydrogen-bond acceptors (Lipinski definition) is 4. The molecule has 96 valence electrons. The van der Waals surface area contributed by atoms with Gasteiger partial charge in [-0.25, -0.2) is 9.97 Å². The second-order valence-corrected chi connectivity index (χ2v) is 5.76. The second kappa shape index (κ2) is 5.07. The van der Waals surface area contributed by atoms with Crippen LogP contribution >= 0.6 is 11.3 Å². The molecule has 3 nitrogen and oxygen atoms in total. The third-order valence-electron chi connectivity index (χ3n) is 3.11. The van der Waals surface area contributed by atoms with Crippen molar-refractivity contribution in [2.45, 2.75) is 19.4 Å². The maximum atomic E-state index is 10.3. The van der Waals surface area contributed by atoms with Gasteiger partial charge in [0.2, 0.25) is 0 Å². The summed E-state index contributed by atoms with van der Waals surface area (Å²) < 4.78 is 0. The van der Waals surface area contributed by atoms with Crippen LogP contribution < -0.4 is 0 Å². The summed E-state index contributed by atoms with van der Waals surface area (Å²) in [6.07, 6.45) is 1.56. The van der Waals surface area contributed by atoms with E-state index in [-0.39, 0.29) is 0 Å². The molecule has 0 saturated carbocycles. The molecule has 0 aliphatic rings. The summed E-state index contributed by atoms with van der Waals surface area (Å²) in [5.74, 6) is 0. The summed E-state index contributed by atoms with van der Waals surface area (Å²) in [7, 11) is 0. The molecular formula is C15H14N2OS. The Morgan fingerprint density at radius 2 is 2.00 bits per heavy atom. The van der Waals surface area contributed by atoms with Crippen LogP contribution in [0.5, 0.6) is 0 Å². The third-order valence-corrected chi connectivity index (χ3v) is 4.06. The molecule has 0 fully saturated rings. The molecule has 0 saturated heterocycles. The van der Waals surface area contributed by atoms with Crippen LogP contribution in [-0.4, -0.2) is 15.1 Å². The average molecular weight is 270 g/mol. The van der Waals surface area contributed by atoms with Crippen molar-refractivity contribution < 1.29 is 5.11 Å². The van der Waals surface area contributed by atoms with E-state index in [1.165, 1.54) is 4.88 Å². The van der Waals surface area contributed by atoms with Crippen LogP contribution in [0.2, 0.25) is 0 Å². The lowest BCUT2D eigenvalue weighted by atomic mass is 10.0. The van der Waals surface area contributed by atoms with Crippen LogP contribution in [0, 0.1) is 6.92 Å². The second-order valence-electron chi connectivity index (χ2n) is 4.53. The van der Waals surface area contributed by atoms with Gasteiger partial charge in [0.05, 0.1) is 11.8 Å². The predicted molar refractivity (Wildman–Crippen MR) is 77.3 cm³/mol. The van der Waals surface area contributed by atoms with E-state index in [2.05, 4.69) is 23.0 Å². The van der Waals surface area contributed by atoms with Gasteiger partial charge in [0, 0.05) is 16.7 Å². The van der Waals surface area contributed by atoms with Crippen molar-refractivity contribution in [3.63, 3.8) is 0 Å². The van der Waals surface area contributed by atoms with Crippen molar-refractivity contribution in [1.29, 1.82) is 0 Å². The Balaban J connectivity index is 1.93. The third kappa shape index (κ3) is 2.50. The summed E-state index contributed by atoms with van der Waals surface area (Å²) in [5.41, 5.74) is 1.83. The highest BCUT2D eigenvalue weighted by molar-refractivity contribution is 7.18. The number of rotatable bonds is 3. The highest BCUT2D eigenvalue weighted by atomic mass is 32.1. The van der Waals surface area contributed by atoms with E-state index in [0.717, 1.165) is 21.5 Å². The van der Waals surface area contributed by atoms with Gasteiger partial charge in [-0.2, -0.15) is 0 Å². The van der Waals surface area contributed by atoms with E-state index in [0.29, 0.717) is 6.42 Å². The molecule has 1 unspecified atom stereocenters. The molecule has 3 aromatic rings. The standard InChI is InChI=1S/C15H14N2OS/c1-10-7-12-13(16-9-17-15(12)19-10)8-14(18)11-5-3-2-4-6-11/h2-7,9,14,18H,8H2,1H3. The molecule has 0 bridgehead atoms. The van der Waals surface area contributed by atoms with Gasteiger partial charge in [0.1, 0.15) is 11.2 Å². The van der Waals surface area contributed by atoms with Crippen LogP contribution in [0.15, 0.2) is 42.7 Å². The lowest BCUT2D eigenvalue weighted by Crippen LogP contribution is -2.03. The van der Waals surface area contributed by atoms with Gasteiger partial charge in [-0.05, 0) is 18.6 Å². The van der Waals surface area contributed by atoms with E-state index in [1.807, 2.05) is 30.3 Å². The average Bonchev–Trinajstić information content (AvgIpc) is 2.81. The van der Waals surface area contributed by atoms with Gasteiger partial charge in [-0.1, -0.05) is 30.3 Å². The number of aliphatic hydroxyl groups is 1. The summed E-state index contributed by atoms with van der Waals surface area (Å²) in [6.45, 7) is 2.06. The number of benzene rings is 1. The fourth-order valence-corrected chi connectivity index (χ4v) is 3.03. The Bertz CT molecular complexity index is 694. The van der Waals surface area contributed by atoms with E-state index in [9.17, 15) is 5.11 Å². The minimum absolute atomic E-state index is 0.513. The highest BCUT2D eigenvalue weighted by Crippen LogP contribution is 2.27. The Morgan fingerprint density at radius 3 is 2.79 bits per heavy atom. The van der Waals surface area contributed by atoms with Gasteiger partial charge >= 0.3 is 0 Å². The van der Waals surface area contributed by atoms with Gasteiger partial charge in [-0.15, -0.1) is 11.3 Å². The van der Waals surface area contributed by atoms with Gasteiger partial charge < -0.3 is 5.11 Å². The van der Waals surface area contributed by atoms with Crippen LogP contribution in [0.1, 0.15) is 22.2 Å². The quantitative estimate of drug-likeness (QED) is 0.794. The molecule has 2 heterocycles. The topological polar surface area (TPSA) is 46.0 Å². The predicted octanol–water partition coefficient (Wildman–Crippen LogP) is 3.28. The van der Waals surface area contributed by atoms with E-state index >= 15 is 0 Å². The van der Waals surface area contributed by atoms with E-state index in [1.54, 1.807) is 17.7 Å². The molecule has 1 aromatic carbocycles. The summed E-state index contributed by atoms with van der Waals surface area (Å²) in [5, 5.41) is 11.3. The Hall–Kier alpha value is -1.78. The molecule has 0 aliphatic heterocycles. The molecule has 2 aromatic heterocycles. The first kappa shape index (κ1) is 12.3. The summed E-state index contributed by atoms with van der Waals surface area (Å²) in [6, 6.07) is 11.8. The molecule has 0 spiro atoms. The molecule has 3 rings (SSSR count). The molecule has 19 heavy (non-hydrogen) atoms. The number of nitrogens with zero attached hydrogens (tertiary/aromatic N) is 2. The minimum Gasteiger partial charge on any atom is -0.388 e. The SMILES string of the molecule is Cc1cc2c(CC(O)c3ccccc3)ncnc2s1. The molecule has 1 atom stereocenters. The maximum Gasteiger partial charge on any atom is 0.127 e. The highest BCUT2D eigenvalue weighted by Gasteiger charge is 2.13. The minimum atomic E-state index is -0.528. The smallest absolute Gasteiger partial charge is 0.127 e. The first-order valence-corrected chi connectivity index (χ1v) is 6.99. The van der Waals surface area contributed by atoms with Crippen molar-refractivity contribution >= 4 is 21.6 Å². The van der Waals surface area contributed by atoms with Crippen LogP contribution in [0.25, 0.3) is 10.2 Å². The van der Waals surface area contributed by atoms with Crippen molar-refractivity contribution in [1.82, 2.24) is 9.97 Å². The number of aromatic nitrogens is 2. The lowest BCUT2D eigenvalue weighted by Gasteiger charge is -2.10. The molecule has 0 amide bonds. The molecular weight excluding hydrogens is 256 g/mol. The fraction of sp³-hybridized carbons (Fsp3) is 0.200. The monoisotopic (exact) mass is 270 g/mol. The first-order chi connectivity index (χ1) is 9.24. The lowest BCUT2D eigenvalue weighted by molar-refractivity contribution is 0.177. The zero-order valence-corrected chi connectivity index (χ0v) is 11.4. The Kier molecular flexibility index (Phi) is 3.27. The molecule has 4 heteroatoms. The number of fused-ring (bicyclic) bond motifs is 1. The van der Waals surface area contributed by atoms with E-state index in [4.69, 9.17) is 0 Å². The number of aliphatic hydroxyl groups excluding tert-OH is 1.